The quantitative estimate of drug-likeness (QED) is 0.798. The molecule has 2 heterocycles. The van der Waals surface area contributed by atoms with E-state index in [1.165, 1.54) is 0 Å². The minimum absolute atomic E-state index is 0.0394. The van der Waals surface area contributed by atoms with E-state index in [0.717, 1.165) is 42.4 Å². The van der Waals surface area contributed by atoms with E-state index in [4.69, 9.17) is 4.52 Å². The van der Waals surface area contributed by atoms with Crippen molar-refractivity contribution in [3.05, 3.63) is 54.1 Å². The lowest BCUT2D eigenvalue weighted by atomic mass is 10.0. The lowest BCUT2D eigenvalue weighted by Crippen LogP contribution is -2.46. The number of hydrogen-bond acceptors (Lipinski definition) is 4. The van der Waals surface area contributed by atoms with Gasteiger partial charge in [-0.3, -0.25) is 4.79 Å². The summed E-state index contributed by atoms with van der Waals surface area (Å²) in [5.41, 5.74) is 2.35. The van der Waals surface area contributed by atoms with Crippen molar-refractivity contribution in [2.75, 3.05) is 20.1 Å². The highest BCUT2D eigenvalue weighted by molar-refractivity contribution is 6.01. The first kappa shape index (κ1) is 15.8. The number of amides is 1. The molecule has 0 spiro atoms. The highest BCUT2D eigenvalue weighted by atomic mass is 16.5. The molecule has 4 rings (SSSR count). The first-order chi connectivity index (χ1) is 12.2. The van der Waals surface area contributed by atoms with Crippen molar-refractivity contribution in [1.82, 2.24) is 15.4 Å². The zero-order valence-corrected chi connectivity index (χ0v) is 14.2. The predicted octanol–water partition coefficient (Wildman–Crippen LogP) is 3.32. The van der Waals surface area contributed by atoms with Crippen LogP contribution in [-0.2, 0) is 0 Å². The van der Waals surface area contributed by atoms with Gasteiger partial charge in [-0.2, -0.15) is 0 Å². The second-order valence-corrected chi connectivity index (χ2v) is 6.68. The Kier molecular flexibility index (Phi) is 4.24. The summed E-state index contributed by atoms with van der Waals surface area (Å²) in [6.45, 7) is 2.00. The minimum atomic E-state index is -0.0394. The number of rotatable bonds is 3. The molecule has 0 aliphatic carbocycles. The molecule has 5 nitrogen and oxygen atoms in total. The van der Waals surface area contributed by atoms with Crippen molar-refractivity contribution in [2.24, 2.45) is 0 Å². The Morgan fingerprint density at radius 3 is 2.88 bits per heavy atom. The van der Waals surface area contributed by atoms with E-state index in [1.807, 2.05) is 48.5 Å². The van der Waals surface area contributed by atoms with Gasteiger partial charge in [0.25, 0.3) is 5.91 Å². The van der Waals surface area contributed by atoms with Gasteiger partial charge in [0.05, 0.1) is 5.39 Å². The molecule has 1 atom stereocenters. The third-order valence-electron chi connectivity index (χ3n) is 4.73. The van der Waals surface area contributed by atoms with Crippen LogP contribution >= 0.6 is 0 Å². The van der Waals surface area contributed by atoms with E-state index in [-0.39, 0.29) is 11.9 Å². The van der Waals surface area contributed by atoms with E-state index in [9.17, 15) is 4.79 Å². The predicted molar refractivity (Wildman–Crippen MR) is 97.4 cm³/mol. The van der Waals surface area contributed by atoms with Crippen LogP contribution in [0.25, 0.3) is 22.2 Å². The molecule has 1 amide bonds. The second-order valence-electron chi connectivity index (χ2n) is 6.68. The van der Waals surface area contributed by atoms with Gasteiger partial charge < -0.3 is 14.7 Å². The zero-order chi connectivity index (χ0) is 17.2. The van der Waals surface area contributed by atoms with Crippen LogP contribution in [0.2, 0.25) is 0 Å². The molecule has 25 heavy (non-hydrogen) atoms. The Bertz CT molecular complexity index is 888. The van der Waals surface area contributed by atoms with Crippen molar-refractivity contribution < 1.29 is 9.32 Å². The number of nitrogens with zero attached hydrogens (tertiary/aromatic N) is 2. The van der Waals surface area contributed by atoms with Crippen LogP contribution in [0.5, 0.6) is 0 Å². The van der Waals surface area contributed by atoms with Crippen molar-refractivity contribution in [2.45, 2.75) is 18.9 Å². The maximum absolute atomic E-state index is 12.7. The maximum Gasteiger partial charge on any atom is 0.251 e. The van der Waals surface area contributed by atoms with Gasteiger partial charge in [0.15, 0.2) is 5.76 Å². The molecule has 3 aromatic rings. The zero-order valence-electron chi connectivity index (χ0n) is 14.2. The normalized spacial score (nSPS) is 18.4. The van der Waals surface area contributed by atoms with E-state index >= 15 is 0 Å². The Balaban J connectivity index is 1.61. The molecule has 0 saturated carbocycles. The van der Waals surface area contributed by atoms with Gasteiger partial charge in [-0.1, -0.05) is 35.5 Å². The Hall–Kier alpha value is -2.66. The average Bonchev–Trinajstić information content (AvgIpc) is 3.05. The summed E-state index contributed by atoms with van der Waals surface area (Å²) in [4.78, 5) is 14.9. The van der Waals surface area contributed by atoms with Crippen molar-refractivity contribution in [3.63, 3.8) is 0 Å². The molecule has 1 fully saturated rings. The number of aromatic nitrogens is 1. The fraction of sp³-hybridized carbons (Fsp3) is 0.300. The fourth-order valence-corrected chi connectivity index (χ4v) is 3.43. The molecule has 1 saturated heterocycles. The third kappa shape index (κ3) is 3.28. The Morgan fingerprint density at radius 2 is 2.08 bits per heavy atom. The van der Waals surface area contributed by atoms with Crippen LogP contribution in [0.4, 0.5) is 0 Å². The summed E-state index contributed by atoms with van der Waals surface area (Å²) < 4.78 is 5.51. The number of likely N-dealkylation sites (tertiary alicyclic amines) is 1. The molecular weight excluding hydrogens is 314 g/mol. The van der Waals surface area contributed by atoms with Gasteiger partial charge in [-0.15, -0.1) is 0 Å². The van der Waals surface area contributed by atoms with Gasteiger partial charge in [-0.25, -0.2) is 0 Å². The lowest BCUT2D eigenvalue weighted by Gasteiger charge is -2.30. The highest BCUT2D eigenvalue weighted by Crippen LogP contribution is 2.29. The molecular formula is C20H21N3O2. The highest BCUT2D eigenvalue weighted by Gasteiger charge is 2.20. The monoisotopic (exact) mass is 335 g/mol. The van der Waals surface area contributed by atoms with Gasteiger partial charge in [0.1, 0.15) is 5.52 Å². The number of hydrogen-bond donors (Lipinski definition) is 1. The summed E-state index contributed by atoms with van der Waals surface area (Å²) in [6.07, 6.45) is 2.14. The smallest absolute Gasteiger partial charge is 0.251 e. The lowest BCUT2D eigenvalue weighted by molar-refractivity contribution is 0.0912. The van der Waals surface area contributed by atoms with E-state index in [1.54, 1.807) is 0 Å². The molecule has 5 heteroatoms. The van der Waals surface area contributed by atoms with E-state index < -0.39 is 0 Å². The van der Waals surface area contributed by atoms with E-state index in [0.29, 0.717) is 11.3 Å². The second kappa shape index (κ2) is 6.69. The molecule has 128 valence electrons. The van der Waals surface area contributed by atoms with Crippen molar-refractivity contribution >= 4 is 16.8 Å². The van der Waals surface area contributed by atoms with Crippen LogP contribution < -0.4 is 5.32 Å². The van der Waals surface area contributed by atoms with Gasteiger partial charge in [-0.05, 0) is 44.6 Å². The number of carbonyl (C=O) groups is 1. The van der Waals surface area contributed by atoms with Crippen molar-refractivity contribution in [1.29, 1.82) is 0 Å². The molecule has 1 aliphatic rings. The van der Waals surface area contributed by atoms with Gasteiger partial charge in [0.2, 0.25) is 0 Å². The first-order valence-electron chi connectivity index (χ1n) is 8.65. The molecule has 0 bridgehead atoms. The first-order valence-corrected chi connectivity index (χ1v) is 8.65. The molecule has 1 N–H and O–H groups in total. The van der Waals surface area contributed by atoms with Crippen LogP contribution in [0.15, 0.2) is 53.1 Å². The molecule has 0 unspecified atom stereocenters. The fourth-order valence-electron chi connectivity index (χ4n) is 3.43. The van der Waals surface area contributed by atoms with Crippen LogP contribution in [-0.4, -0.2) is 42.1 Å². The minimum Gasteiger partial charge on any atom is -0.355 e. The summed E-state index contributed by atoms with van der Waals surface area (Å²) >= 11 is 0. The van der Waals surface area contributed by atoms with Crippen LogP contribution in [0.1, 0.15) is 23.2 Å². The SMILES string of the molecule is CN1CCC[C@@H](NC(=O)c2ccc3noc(-c4ccccc4)c3c2)C1. The number of carbonyl (C=O) groups excluding carboxylic acids is 1. The van der Waals surface area contributed by atoms with Crippen LogP contribution in [0, 0.1) is 0 Å². The number of benzene rings is 2. The van der Waals surface area contributed by atoms with E-state index in [2.05, 4.69) is 22.4 Å². The summed E-state index contributed by atoms with van der Waals surface area (Å²) in [7, 11) is 2.09. The molecule has 2 aromatic carbocycles. The Morgan fingerprint density at radius 1 is 1.24 bits per heavy atom. The standard InChI is InChI=1S/C20H21N3O2/c1-23-11-5-8-16(13-23)21-20(24)15-9-10-18-17(12-15)19(25-22-18)14-6-3-2-4-7-14/h2-4,6-7,9-10,12,16H,5,8,11,13H2,1H3,(H,21,24)/t16-/m1/s1. The molecule has 1 aromatic heterocycles. The van der Waals surface area contributed by atoms with Crippen LogP contribution in [0.3, 0.4) is 0 Å². The number of nitrogens with one attached hydrogen (secondary N) is 1. The van der Waals surface area contributed by atoms with Crippen molar-refractivity contribution in [3.8, 4) is 11.3 Å². The summed E-state index contributed by atoms with van der Waals surface area (Å²) in [5.74, 6) is 0.657. The maximum atomic E-state index is 12.7. The molecule has 0 radical (unpaired) electrons. The number of fused-ring (bicyclic) bond motifs is 1. The summed E-state index contributed by atoms with van der Waals surface area (Å²) in [6, 6.07) is 15.6. The number of likely N-dealkylation sites (N-methyl/N-ethyl adjacent to an activating group) is 1. The van der Waals surface area contributed by atoms with Gasteiger partial charge >= 0.3 is 0 Å². The Labute approximate surface area is 146 Å². The largest absolute Gasteiger partial charge is 0.355 e. The topological polar surface area (TPSA) is 58.4 Å². The number of piperidine rings is 1. The third-order valence-corrected chi connectivity index (χ3v) is 4.73. The molecule has 1 aliphatic heterocycles. The summed E-state index contributed by atoms with van der Waals surface area (Å²) in [5, 5.41) is 8.12. The average molecular weight is 335 g/mol. The van der Waals surface area contributed by atoms with Gasteiger partial charge in [0, 0.05) is 23.7 Å².